The van der Waals surface area contributed by atoms with Crippen molar-refractivity contribution in [2.45, 2.75) is 52.1 Å². The first kappa shape index (κ1) is 21.5. The van der Waals surface area contributed by atoms with Crippen LogP contribution in [0.5, 0.6) is 0 Å². The van der Waals surface area contributed by atoms with Crippen LogP contribution < -0.4 is 10.6 Å². The molecule has 0 radical (unpaired) electrons. The zero-order valence-corrected chi connectivity index (χ0v) is 16.8. The van der Waals surface area contributed by atoms with Crippen LogP contribution in [0.15, 0.2) is 42.5 Å². The average molecular weight is 388 g/mol. The third-order valence-corrected chi connectivity index (χ3v) is 3.95. The highest BCUT2D eigenvalue weighted by atomic mass is 19.1. The summed E-state index contributed by atoms with van der Waals surface area (Å²) in [4.78, 5) is 24.5. The lowest BCUT2D eigenvalue weighted by atomic mass is 9.93. The standard InChI is InChI=1S/C22H26F2N2O2/c1-21(2,3)25-20(28)17-10-9-14(11-18(17)24)13-22(4,5)26-19(27)15-7-6-8-16(23)12-15/h6-12H,13H2,1-5H3,(H,25,28)(H,26,27). The predicted molar refractivity (Wildman–Crippen MR) is 105 cm³/mol. The topological polar surface area (TPSA) is 58.2 Å². The molecule has 0 bridgehead atoms. The molecule has 2 amide bonds. The van der Waals surface area contributed by atoms with Crippen molar-refractivity contribution in [1.82, 2.24) is 10.6 Å². The first-order chi connectivity index (χ1) is 12.9. The van der Waals surface area contributed by atoms with E-state index in [-0.39, 0.29) is 11.1 Å². The van der Waals surface area contributed by atoms with Crippen molar-refractivity contribution in [3.8, 4) is 0 Å². The molecular formula is C22H26F2N2O2. The molecular weight excluding hydrogens is 362 g/mol. The Morgan fingerprint density at radius 2 is 1.57 bits per heavy atom. The quantitative estimate of drug-likeness (QED) is 0.805. The first-order valence-corrected chi connectivity index (χ1v) is 9.05. The number of amides is 2. The van der Waals surface area contributed by atoms with Crippen molar-refractivity contribution >= 4 is 11.8 Å². The molecule has 0 fully saturated rings. The van der Waals surface area contributed by atoms with Crippen LogP contribution in [0.25, 0.3) is 0 Å². The molecule has 4 nitrogen and oxygen atoms in total. The zero-order chi connectivity index (χ0) is 21.1. The Bertz CT molecular complexity index is 886. The van der Waals surface area contributed by atoms with Gasteiger partial charge in [-0.15, -0.1) is 0 Å². The van der Waals surface area contributed by atoms with E-state index in [1.54, 1.807) is 19.9 Å². The number of hydrogen-bond donors (Lipinski definition) is 2. The van der Waals surface area contributed by atoms with E-state index in [1.807, 2.05) is 20.8 Å². The Labute approximate surface area is 164 Å². The Morgan fingerprint density at radius 3 is 2.14 bits per heavy atom. The average Bonchev–Trinajstić information content (AvgIpc) is 2.52. The molecule has 0 spiro atoms. The van der Waals surface area contributed by atoms with Crippen LogP contribution in [0, 0.1) is 11.6 Å². The van der Waals surface area contributed by atoms with E-state index < -0.39 is 34.5 Å². The van der Waals surface area contributed by atoms with Crippen molar-refractivity contribution in [2.75, 3.05) is 0 Å². The van der Waals surface area contributed by atoms with Gasteiger partial charge in [-0.1, -0.05) is 12.1 Å². The van der Waals surface area contributed by atoms with Crippen LogP contribution in [0.3, 0.4) is 0 Å². The Balaban J connectivity index is 2.10. The number of hydrogen-bond acceptors (Lipinski definition) is 2. The molecule has 0 aliphatic rings. The fraction of sp³-hybridized carbons (Fsp3) is 0.364. The second-order valence-corrected chi connectivity index (χ2v) is 8.54. The lowest BCUT2D eigenvalue weighted by Crippen LogP contribution is -2.45. The second-order valence-electron chi connectivity index (χ2n) is 8.54. The van der Waals surface area contributed by atoms with E-state index in [1.165, 1.54) is 30.3 Å². The molecule has 0 saturated carbocycles. The molecule has 0 aliphatic carbocycles. The molecule has 28 heavy (non-hydrogen) atoms. The first-order valence-electron chi connectivity index (χ1n) is 9.05. The fourth-order valence-corrected chi connectivity index (χ4v) is 2.82. The third-order valence-electron chi connectivity index (χ3n) is 3.95. The molecule has 0 saturated heterocycles. The number of halogens is 2. The molecule has 0 heterocycles. The molecule has 2 rings (SSSR count). The van der Waals surface area contributed by atoms with Crippen molar-refractivity contribution in [1.29, 1.82) is 0 Å². The highest BCUT2D eigenvalue weighted by Crippen LogP contribution is 2.18. The van der Waals surface area contributed by atoms with Crippen LogP contribution in [0.1, 0.15) is 60.9 Å². The lowest BCUT2D eigenvalue weighted by Gasteiger charge is -2.27. The maximum atomic E-state index is 14.4. The number of benzene rings is 2. The smallest absolute Gasteiger partial charge is 0.254 e. The number of carbonyl (C=O) groups excluding carboxylic acids is 2. The van der Waals surface area contributed by atoms with Gasteiger partial charge >= 0.3 is 0 Å². The monoisotopic (exact) mass is 388 g/mol. The van der Waals surface area contributed by atoms with Gasteiger partial charge in [0, 0.05) is 16.6 Å². The Morgan fingerprint density at radius 1 is 0.893 bits per heavy atom. The molecule has 150 valence electrons. The second kappa shape index (κ2) is 8.09. The summed E-state index contributed by atoms with van der Waals surface area (Å²) in [6, 6.07) is 9.82. The largest absolute Gasteiger partial charge is 0.347 e. The van der Waals surface area contributed by atoms with Gasteiger partial charge in [0.1, 0.15) is 11.6 Å². The minimum atomic E-state index is -0.703. The zero-order valence-electron chi connectivity index (χ0n) is 16.8. The van der Waals surface area contributed by atoms with Gasteiger partial charge in [0.15, 0.2) is 0 Å². The summed E-state index contributed by atoms with van der Waals surface area (Å²) in [7, 11) is 0. The van der Waals surface area contributed by atoms with Gasteiger partial charge < -0.3 is 10.6 Å². The SMILES string of the molecule is CC(C)(C)NC(=O)c1ccc(CC(C)(C)NC(=O)c2cccc(F)c2)cc1F. The van der Waals surface area contributed by atoms with Crippen molar-refractivity contribution in [3.63, 3.8) is 0 Å². The van der Waals surface area contributed by atoms with E-state index in [0.717, 1.165) is 6.07 Å². The third kappa shape index (κ3) is 6.15. The predicted octanol–water partition coefficient (Wildman–Crippen LogP) is 4.24. The van der Waals surface area contributed by atoms with E-state index in [2.05, 4.69) is 10.6 Å². The molecule has 0 atom stereocenters. The van der Waals surface area contributed by atoms with E-state index >= 15 is 0 Å². The van der Waals surface area contributed by atoms with Gasteiger partial charge in [-0.2, -0.15) is 0 Å². The molecule has 2 aromatic rings. The summed E-state index contributed by atoms with van der Waals surface area (Å²) in [5.41, 5.74) is -0.348. The molecule has 0 unspecified atom stereocenters. The molecule has 2 aromatic carbocycles. The van der Waals surface area contributed by atoms with E-state index in [0.29, 0.717) is 12.0 Å². The fourth-order valence-electron chi connectivity index (χ4n) is 2.82. The van der Waals surface area contributed by atoms with Gasteiger partial charge in [-0.3, -0.25) is 9.59 Å². The highest BCUT2D eigenvalue weighted by molar-refractivity contribution is 5.95. The summed E-state index contributed by atoms with van der Waals surface area (Å²) in [5, 5.41) is 5.56. The van der Waals surface area contributed by atoms with Crippen molar-refractivity contribution < 1.29 is 18.4 Å². The van der Waals surface area contributed by atoms with Gasteiger partial charge in [-0.05, 0) is 76.9 Å². The highest BCUT2D eigenvalue weighted by Gasteiger charge is 2.24. The summed E-state index contributed by atoms with van der Waals surface area (Å²) < 4.78 is 27.7. The van der Waals surface area contributed by atoms with Crippen LogP contribution in [-0.4, -0.2) is 22.9 Å². The summed E-state index contributed by atoms with van der Waals surface area (Å²) in [6.45, 7) is 9.05. The minimum Gasteiger partial charge on any atom is -0.347 e. The Kier molecular flexibility index (Phi) is 6.22. The van der Waals surface area contributed by atoms with Gasteiger partial charge in [0.2, 0.25) is 0 Å². The minimum absolute atomic E-state index is 0.0275. The molecule has 0 aliphatic heterocycles. The van der Waals surface area contributed by atoms with Gasteiger partial charge in [0.25, 0.3) is 11.8 Å². The van der Waals surface area contributed by atoms with Crippen LogP contribution in [-0.2, 0) is 6.42 Å². The number of nitrogens with one attached hydrogen (secondary N) is 2. The van der Waals surface area contributed by atoms with Gasteiger partial charge in [-0.25, -0.2) is 8.78 Å². The summed E-state index contributed by atoms with van der Waals surface area (Å²) >= 11 is 0. The van der Waals surface area contributed by atoms with E-state index in [4.69, 9.17) is 0 Å². The molecule has 0 aromatic heterocycles. The normalized spacial score (nSPS) is 11.8. The summed E-state index contributed by atoms with van der Waals surface area (Å²) in [6.07, 6.45) is 0.339. The van der Waals surface area contributed by atoms with Crippen LogP contribution >= 0.6 is 0 Å². The van der Waals surface area contributed by atoms with Crippen LogP contribution in [0.4, 0.5) is 8.78 Å². The Hall–Kier alpha value is -2.76. The molecule has 2 N–H and O–H groups in total. The van der Waals surface area contributed by atoms with Crippen molar-refractivity contribution in [3.05, 3.63) is 70.8 Å². The maximum absolute atomic E-state index is 14.4. The number of carbonyl (C=O) groups is 2. The van der Waals surface area contributed by atoms with E-state index in [9.17, 15) is 18.4 Å². The number of rotatable bonds is 5. The van der Waals surface area contributed by atoms with Crippen molar-refractivity contribution in [2.24, 2.45) is 0 Å². The van der Waals surface area contributed by atoms with Gasteiger partial charge in [0.05, 0.1) is 5.56 Å². The molecule has 6 heteroatoms. The lowest BCUT2D eigenvalue weighted by molar-refractivity contribution is 0.0905. The maximum Gasteiger partial charge on any atom is 0.254 e. The van der Waals surface area contributed by atoms with Crippen LogP contribution in [0.2, 0.25) is 0 Å². The summed E-state index contributed by atoms with van der Waals surface area (Å²) in [5.74, 6) is -2.00.